The van der Waals surface area contributed by atoms with Crippen LogP contribution in [0.15, 0.2) is 22.8 Å². The molecule has 3 N–H and O–H groups in total. The minimum Gasteiger partial charge on any atom is -0.467 e. The van der Waals surface area contributed by atoms with Crippen molar-refractivity contribution in [3.05, 3.63) is 24.2 Å². The average Bonchev–Trinajstić information content (AvgIpc) is 2.88. The molecule has 0 radical (unpaired) electrons. The highest BCUT2D eigenvalue weighted by atomic mass is 16.3. The maximum absolute atomic E-state index is 12.0. The van der Waals surface area contributed by atoms with Gasteiger partial charge in [-0.2, -0.15) is 0 Å². The summed E-state index contributed by atoms with van der Waals surface area (Å²) in [4.78, 5) is 12.0. The van der Waals surface area contributed by atoms with Crippen LogP contribution < -0.4 is 11.1 Å². The number of nitrogens with one attached hydrogen (secondary N) is 1. The first kappa shape index (κ1) is 11.2. The molecule has 1 aromatic rings. The molecule has 1 amide bonds. The predicted molar refractivity (Wildman–Crippen MR) is 60.7 cm³/mol. The summed E-state index contributed by atoms with van der Waals surface area (Å²) >= 11 is 0. The van der Waals surface area contributed by atoms with Gasteiger partial charge in [0.1, 0.15) is 5.76 Å². The van der Waals surface area contributed by atoms with Crippen molar-refractivity contribution in [1.29, 1.82) is 0 Å². The van der Waals surface area contributed by atoms with Gasteiger partial charge in [0.2, 0.25) is 5.91 Å². The number of hydrogen-bond donors (Lipinski definition) is 2. The number of furan rings is 1. The van der Waals surface area contributed by atoms with E-state index >= 15 is 0 Å². The molecular weight excluding hydrogens is 204 g/mol. The van der Waals surface area contributed by atoms with E-state index < -0.39 is 5.54 Å². The lowest BCUT2D eigenvalue weighted by atomic mass is 9.97. The summed E-state index contributed by atoms with van der Waals surface area (Å²) < 4.78 is 5.24. The molecule has 0 aliphatic heterocycles. The SMILES string of the molecule is CC(NC(=O)C1(N)CCCC1)c1ccco1. The number of amides is 1. The molecule has 4 heteroatoms. The molecule has 88 valence electrons. The first-order valence-corrected chi connectivity index (χ1v) is 5.75. The number of rotatable bonds is 3. The van der Waals surface area contributed by atoms with Crippen LogP contribution in [-0.4, -0.2) is 11.4 Å². The summed E-state index contributed by atoms with van der Waals surface area (Å²) in [5.74, 6) is 0.698. The monoisotopic (exact) mass is 222 g/mol. The van der Waals surface area contributed by atoms with Crippen LogP contribution in [0.3, 0.4) is 0 Å². The van der Waals surface area contributed by atoms with E-state index in [4.69, 9.17) is 10.2 Å². The smallest absolute Gasteiger partial charge is 0.240 e. The lowest BCUT2D eigenvalue weighted by Gasteiger charge is -2.24. The molecule has 1 aliphatic rings. The Morgan fingerprint density at radius 2 is 2.25 bits per heavy atom. The summed E-state index contributed by atoms with van der Waals surface area (Å²) in [7, 11) is 0. The number of carbonyl (C=O) groups excluding carboxylic acids is 1. The van der Waals surface area contributed by atoms with E-state index in [0.717, 1.165) is 31.4 Å². The Morgan fingerprint density at radius 3 is 2.81 bits per heavy atom. The van der Waals surface area contributed by atoms with Crippen molar-refractivity contribution in [2.45, 2.75) is 44.2 Å². The van der Waals surface area contributed by atoms with Gasteiger partial charge in [0.25, 0.3) is 0 Å². The lowest BCUT2D eigenvalue weighted by molar-refractivity contribution is -0.127. The molecule has 1 aromatic heterocycles. The van der Waals surface area contributed by atoms with Crippen molar-refractivity contribution in [3.8, 4) is 0 Å². The third kappa shape index (κ3) is 2.11. The minimum absolute atomic E-state index is 0.0612. The minimum atomic E-state index is -0.666. The molecule has 0 spiro atoms. The van der Waals surface area contributed by atoms with Gasteiger partial charge in [0.05, 0.1) is 17.8 Å². The van der Waals surface area contributed by atoms with Crippen molar-refractivity contribution in [2.75, 3.05) is 0 Å². The van der Waals surface area contributed by atoms with E-state index in [0.29, 0.717) is 0 Å². The van der Waals surface area contributed by atoms with E-state index in [2.05, 4.69) is 5.32 Å². The Balaban J connectivity index is 1.97. The molecule has 1 fully saturated rings. The topological polar surface area (TPSA) is 68.3 Å². The van der Waals surface area contributed by atoms with Crippen LogP contribution in [0, 0.1) is 0 Å². The average molecular weight is 222 g/mol. The van der Waals surface area contributed by atoms with Gasteiger partial charge in [0.15, 0.2) is 0 Å². The molecule has 16 heavy (non-hydrogen) atoms. The number of hydrogen-bond acceptors (Lipinski definition) is 3. The Hall–Kier alpha value is -1.29. The van der Waals surface area contributed by atoms with Crippen LogP contribution >= 0.6 is 0 Å². The molecule has 1 saturated carbocycles. The van der Waals surface area contributed by atoms with Crippen molar-refractivity contribution >= 4 is 5.91 Å². The van der Waals surface area contributed by atoms with E-state index in [1.54, 1.807) is 6.26 Å². The van der Waals surface area contributed by atoms with Crippen LogP contribution in [0.2, 0.25) is 0 Å². The van der Waals surface area contributed by atoms with Crippen molar-refractivity contribution in [2.24, 2.45) is 5.73 Å². The van der Waals surface area contributed by atoms with Crippen LogP contribution in [0.4, 0.5) is 0 Å². The van der Waals surface area contributed by atoms with E-state index in [1.165, 1.54) is 0 Å². The number of carbonyl (C=O) groups is 1. The molecule has 4 nitrogen and oxygen atoms in total. The standard InChI is InChI=1S/C12H18N2O2/c1-9(10-5-4-8-16-10)14-11(15)12(13)6-2-3-7-12/h4-5,8-9H,2-3,6-7,13H2,1H3,(H,14,15). The molecule has 1 atom stereocenters. The summed E-state index contributed by atoms with van der Waals surface area (Å²) in [6, 6.07) is 3.54. The van der Waals surface area contributed by atoms with Gasteiger partial charge in [-0.3, -0.25) is 4.79 Å². The van der Waals surface area contributed by atoms with Crippen LogP contribution in [0.25, 0.3) is 0 Å². The molecule has 0 saturated heterocycles. The van der Waals surface area contributed by atoms with Crippen LogP contribution in [0.5, 0.6) is 0 Å². The van der Waals surface area contributed by atoms with Crippen LogP contribution in [0.1, 0.15) is 44.4 Å². The van der Waals surface area contributed by atoms with E-state index in [-0.39, 0.29) is 11.9 Å². The summed E-state index contributed by atoms with van der Waals surface area (Å²) in [5.41, 5.74) is 5.40. The third-order valence-corrected chi connectivity index (χ3v) is 3.27. The fourth-order valence-corrected chi connectivity index (χ4v) is 2.18. The van der Waals surface area contributed by atoms with Gasteiger partial charge in [-0.1, -0.05) is 12.8 Å². The van der Waals surface area contributed by atoms with Crippen LogP contribution in [-0.2, 0) is 4.79 Å². The Bertz CT molecular complexity index is 353. The van der Waals surface area contributed by atoms with Crippen molar-refractivity contribution in [3.63, 3.8) is 0 Å². The highest BCUT2D eigenvalue weighted by Crippen LogP contribution is 2.28. The zero-order valence-electron chi connectivity index (χ0n) is 9.53. The molecule has 0 aromatic carbocycles. The van der Waals surface area contributed by atoms with Gasteiger partial charge >= 0.3 is 0 Å². The summed E-state index contributed by atoms with van der Waals surface area (Å²) in [6.45, 7) is 1.90. The summed E-state index contributed by atoms with van der Waals surface area (Å²) in [6.07, 6.45) is 5.25. The highest BCUT2D eigenvalue weighted by molar-refractivity contribution is 5.86. The van der Waals surface area contributed by atoms with Gasteiger partial charge in [-0.15, -0.1) is 0 Å². The largest absolute Gasteiger partial charge is 0.467 e. The second-order valence-electron chi connectivity index (χ2n) is 4.57. The number of nitrogens with two attached hydrogens (primary N) is 1. The van der Waals surface area contributed by atoms with Gasteiger partial charge in [-0.25, -0.2) is 0 Å². The maximum Gasteiger partial charge on any atom is 0.240 e. The zero-order chi connectivity index (χ0) is 11.6. The first-order chi connectivity index (χ1) is 7.62. The molecule has 1 heterocycles. The van der Waals surface area contributed by atoms with Gasteiger partial charge in [-0.05, 0) is 31.9 Å². The molecule has 1 aliphatic carbocycles. The predicted octanol–water partition coefficient (Wildman–Crippen LogP) is 1.73. The molecule has 1 unspecified atom stereocenters. The molecule has 2 rings (SSSR count). The first-order valence-electron chi connectivity index (χ1n) is 5.75. The molecule has 0 bridgehead atoms. The van der Waals surface area contributed by atoms with Crippen molar-refractivity contribution in [1.82, 2.24) is 5.32 Å². The van der Waals surface area contributed by atoms with E-state index in [9.17, 15) is 4.79 Å². The Morgan fingerprint density at radius 1 is 1.56 bits per heavy atom. The Kier molecular flexibility index (Phi) is 3.01. The Labute approximate surface area is 95.2 Å². The van der Waals surface area contributed by atoms with Crippen molar-refractivity contribution < 1.29 is 9.21 Å². The highest BCUT2D eigenvalue weighted by Gasteiger charge is 2.37. The lowest BCUT2D eigenvalue weighted by Crippen LogP contribution is -2.52. The van der Waals surface area contributed by atoms with Gasteiger partial charge < -0.3 is 15.5 Å². The van der Waals surface area contributed by atoms with Gasteiger partial charge in [0, 0.05) is 0 Å². The second-order valence-corrected chi connectivity index (χ2v) is 4.57. The fraction of sp³-hybridized carbons (Fsp3) is 0.583. The normalized spacial score (nSPS) is 20.6. The van der Waals surface area contributed by atoms with E-state index in [1.807, 2.05) is 19.1 Å². The maximum atomic E-state index is 12.0. The second kappa shape index (κ2) is 4.29. The third-order valence-electron chi connectivity index (χ3n) is 3.27. The molecular formula is C12H18N2O2. The fourth-order valence-electron chi connectivity index (χ4n) is 2.18. The summed E-state index contributed by atoms with van der Waals surface area (Å²) in [5, 5.41) is 2.91. The quantitative estimate of drug-likeness (QED) is 0.818. The zero-order valence-corrected chi connectivity index (χ0v) is 9.53.